The van der Waals surface area contributed by atoms with Crippen molar-refractivity contribution in [2.45, 2.75) is 32.7 Å². The summed E-state index contributed by atoms with van der Waals surface area (Å²) in [6.07, 6.45) is 0. The first-order chi connectivity index (χ1) is 8.39. The molecule has 0 aliphatic carbocycles. The third kappa shape index (κ3) is 2.40. The van der Waals surface area contributed by atoms with Gasteiger partial charge in [-0.2, -0.15) is 0 Å². The minimum atomic E-state index is -1.05. The number of thiazole rings is 1. The Kier molecular flexibility index (Phi) is 3.16. The Balaban J connectivity index is 2.45. The second-order valence-electron chi connectivity index (χ2n) is 4.98. The summed E-state index contributed by atoms with van der Waals surface area (Å²) in [6, 6.07) is 0. The lowest BCUT2D eigenvalue weighted by Crippen LogP contribution is -2.22. The molecule has 1 N–H and O–H groups in total. The fourth-order valence-corrected chi connectivity index (χ4v) is 2.33. The van der Waals surface area contributed by atoms with Gasteiger partial charge in [0.15, 0.2) is 5.69 Å². The molecule has 0 unspecified atom stereocenters. The number of hydrogen-bond acceptors (Lipinski definition) is 5. The van der Waals surface area contributed by atoms with Crippen molar-refractivity contribution in [3.05, 3.63) is 28.0 Å². The molecule has 0 atom stereocenters. The van der Waals surface area contributed by atoms with Crippen molar-refractivity contribution in [1.29, 1.82) is 0 Å². The van der Waals surface area contributed by atoms with E-state index in [2.05, 4.69) is 15.3 Å². The van der Waals surface area contributed by atoms with Crippen LogP contribution in [0.5, 0.6) is 0 Å². The van der Waals surface area contributed by atoms with Gasteiger partial charge in [-0.3, -0.25) is 0 Å². The number of carboxylic acid groups (broad SMARTS) is 1. The Morgan fingerprint density at radius 3 is 2.72 bits per heavy atom. The first kappa shape index (κ1) is 12.7. The van der Waals surface area contributed by atoms with Gasteiger partial charge in [0.1, 0.15) is 0 Å². The highest BCUT2D eigenvalue weighted by Crippen LogP contribution is 2.25. The third-order valence-electron chi connectivity index (χ3n) is 2.44. The Morgan fingerprint density at radius 2 is 2.22 bits per heavy atom. The van der Waals surface area contributed by atoms with Gasteiger partial charge in [0, 0.05) is 10.8 Å². The smallest absolute Gasteiger partial charge is 0.358 e. The topological polar surface area (TPSA) is 80.9 Å². The molecule has 0 saturated heterocycles. The molecule has 18 heavy (non-hydrogen) atoms. The molecule has 2 aromatic heterocycles. The van der Waals surface area contributed by atoms with Crippen molar-refractivity contribution >= 4 is 17.3 Å². The minimum Gasteiger partial charge on any atom is -0.476 e. The maximum absolute atomic E-state index is 11.2. The number of carbonyl (C=O) groups is 1. The van der Waals surface area contributed by atoms with Gasteiger partial charge in [-0.05, 0) is 0 Å². The molecule has 0 spiro atoms. The van der Waals surface area contributed by atoms with Gasteiger partial charge in [-0.15, -0.1) is 16.4 Å². The normalized spacial score (nSPS) is 11.7. The van der Waals surface area contributed by atoms with E-state index in [9.17, 15) is 4.79 Å². The minimum absolute atomic E-state index is 0.0118. The lowest BCUT2D eigenvalue weighted by atomic mass is 9.90. The highest BCUT2D eigenvalue weighted by molar-refractivity contribution is 7.07. The second-order valence-corrected chi connectivity index (χ2v) is 5.70. The summed E-state index contributed by atoms with van der Waals surface area (Å²) in [4.78, 5) is 15.3. The summed E-state index contributed by atoms with van der Waals surface area (Å²) in [5.74, 6) is -1.05. The molecule has 2 heterocycles. The van der Waals surface area contributed by atoms with Crippen LogP contribution in [0.3, 0.4) is 0 Å². The van der Waals surface area contributed by atoms with E-state index in [0.29, 0.717) is 12.2 Å². The van der Waals surface area contributed by atoms with E-state index in [1.165, 1.54) is 11.3 Å². The summed E-state index contributed by atoms with van der Waals surface area (Å²) in [7, 11) is 0. The molecule has 0 radical (unpaired) electrons. The summed E-state index contributed by atoms with van der Waals surface area (Å²) >= 11 is 1.50. The molecule has 0 aromatic carbocycles. The summed E-state index contributed by atoms with van der Waals surface area (Å²) in [6.45, 7) is 6.26. The van der Waals surface area contributed by atoms with E-state index in [0.717, 1.165) is 5.69 Å². The first-order valence-corrected chi connectivity index (χ1v) is 6.38. The van der Waals surface area contributed by atoms with E-state index in [-0.39, 0.29) is 11.1 Å². The van der Waals surface area contributed by atoms with Crippen LogP contribution in [0.15, 0.2) is 10.9 Å². The van der Waals surface area contributed by atoms with E-state index in [4.69, 9.17) is 5.11 Å². The summed E-state index contributed by atoms with van der Waals surface area (Å²) in [5, 5.41) is 18.7. The molecular weight excluding hydrogens is 252 g/mol. The molecule has 7 heteroatoms. The fraction of sp³-hybridized carbons (Fsp3) is 0.455. The average Bonchev–Trinajstić information content (AvgIpc) is 2.85. The first-order valence-electron chi connectivity index (χ1n) is 5.44. The van der Waals surface area contributed by atoms with Crippen molar-refractivity contribution in [3.63, 3.8) is 0 Å². The average molecular weight is 266 g/mol. The standard InChI is InChI=1S/C11H14N4O2S/c1-11(2,3)9-8(10(16)17)13-14-15(9)4-7-5-18-6-12-7/h5-6H,4H2,1-3H3,(H,16,17). The van der Waals surface area contributed by atoms with Gasteiger partial charge in [0.05, 0.1) is 23.4 Å². The van der Waals surface area contributed by atoms with Crippen LogP contribution in [0.1, 0.15) is 42.6 Å². The summed E-state index contributed by atoms with van der Waals surface area (Å²) in [5.41, 5.74) is 2.88. The van der Waals surface area contributed by atoms with Crippen LogP contribution in [0, 0.1) is 0 Å². The van der Waals surface area contributed by atoms with Gasteiger partial charge < -0.3 is 5.11 Å². The van der Waals surface area contributed by atoms with Crippen LogP contribution < -0.4 is 0 Å². The van der Waals surface area contributed by atoms with Crippen LogP contribution >= 0.6 is 11.3 Å². The molecule has 0 aliphatic heterocycles. The zero-order valence-corrected chi connectivity index (χ0v) is 11.2. The third-order valence-corrected chi connectivity index (χ3v) is 3.08. The number of rotatable bonds is 3. The van der Waals surface area contributed by atoms with Gasteiger partial charge in [0.25, 0.3) is 0 Å². The van der Waals surface area contributed by atoms with Crippen LogP contribution in [0.4, 0.5) is 0 Å². The van der Waals surface area contributed by atoms with E-state index in [1.54, 1.807) is 10.2 Å². The molecule has 0 bridgehead atoms. The van der Waals surface area contributed by atoms with E-state index in [1.807, 2.05) is 26.2 Å². The number of aromatic carboxylic acids is 1. The van der Waals surface area contributed by atoms with Crippen molar-refractivity contribution in [2.24, 2.45) is 0 Å². The van der Waals surface area contributed by atoms with E-state index >= 15 is 0 Å². The van der Waals surface area contributed by atoms with Crippen molar-refractivity contribution < 1.29 is 9.90 Å². The SMILES string of the molecule is CC(C)(C)c1c(C(=O)O)nnn1Cc1cscn1. The maximum atomic E-state index is 11.2. The molecule has 0 saturated carbocycles. The van der Waals surface area contributed by atoms with Crippen LogP contribution in [0.2, 0.25) is 0 Å². The highest BCUT2D eigenvalue weighted by atomic mass is 32.1. The molecular formula is C11H14N4O2S. The zero-order valence-electron chi connectivity index (χ0n) is 10.4. The van der Waals surface area contributed by atoms with Gasteiger partial charge in [-0.25, -0.2) is 14.5 Å². The van der Waals surface area contributed by atoms with Crippen molar-refractivity contribution in [3.8, 4) is 0 Å². The van der Waals surface area contributed by atoms with Crippen LogP contribution in [-0.4, -0.2) is 31.1 Å². The molecule has 96 valence electrons. The number of aromatic nitrogens is 4. The Bertz CT molecular complexity index is 554. The van der Waals surface area contributed by atoms with Crippen LogP contribution in [0.25, 0.3) is 0 Å². The van der Waals surface area contributed by atoms with Crippen LogP contribution in [-0.2, 0) is 12.0 Å². The molecule has 0 amide bonds. The fourth-order valence-electron chi connectivity index (χ4n) is 1.78. The molecule has 2 aromatic rings. The quantitative estimate of drug-likeness (QED) is 0.915. The lowest BCUT2D eigenvalue weighted by Gasteiger charge is -2.19. The molecule has 0 fully saturated rings. The highest BCUT2D eigenvalue weighted by Gasteiger charge is 2.29. The number of carboxylic acids is 1. The Morgan fingerprint density at radius 1 is 1.50 bits per heavy atom. The van der Waals surface area contributed by atoms with Gasteiger partial charge >= 0.3 is 5.97 Å². The van der Waals surface area contributed by atoms with Gasteiger partial charge in [0.2, 0.25) is 0 Å². The van der Waals surface area contributed by atoms with Crippen molar-refractivity contribution in [2.75, 3.05) is 0 Å². The molecule has 6 nitrogen and oxygen atoms in total. The van der Waals surface area contributed by atoms with E-state index < -0.39 is 5.97 Å². The predicted octanol–water partition coefficient (Wildman–Crippen LogP) is 1.78. The maximum Gasteiger partial charge on any atom is 0.358 e. The summed E-state index contributed by atoms with van der Waals surface area (Å²) < 4.78 is 1.61. The number of hydrogen-bond donors (Lipinski definition) is 1. The van der Waals surface area contributed by atoms with Crippen molar-refractivity contribution in [1.82, 2.24) is 20.0 Å². The van der Waals surface area contributed by atoms with Gasteiger partial charge in [-0.1, -0.05) is 26.0 Å². The zero-order chi connectivity index (χ0) is 13.3. The number of nitrogens with zero attached hydrogens (tertiary/aromatic N) is 4. The largest absolute Gasteiger partial charge is 0.476 e. The molecule has 2 rings (SSSR count). The Hall–Kier alpha value is -1.76. The monoisotopic (exact) mass is 266 g/mol. The molecule has 0 aliphatic rings. The Labute approximate surface area is 108 Å². The second kappa shape index (κ2) is 4.49. The lowest BCUT2D eigenvalue weighted by molar-refractivity contribution is 0.0687. The predicted molar refractivity (Wildman–Crippen MR) is 66.9 cm³/mol.